The van der Waals surface area contributed by atoms with Crippen LogP contribution in [0.5, 0.6) is 11.8 Å². The van der Waals surface area contributed by atoms with Crippen molar-refractivity contribution < 1.29 is 9.47 Å². The van der Waals surface area contributed by atoms with E-state index in [1.165, 1.54) is 14.2 Å². The fourth-order valence-corrected chi connectivity index (χ4v) is 1.62. The van der Waals surface area contributed by atoms with E-state index in [4.69, 9.17) is 14.7 Å². The van der Waals surface area contributed by atoms with Crippen LogP contribution in [0.1, 0.15) is 11.1 Å². The molecule has 0 fully saturated rings. The average Bonchev–Trinajstić information content (AvgIpc) is 2.52. The van der Waals surface area contributed by atoms with Crippen LogP contribution in [-0.2, 0) is 6.54 Å². The van der Waals surface area contributed by atoms with Crippen molar-refractivity contribution in [3.05, 3.63) is 41.5 Å². The molecule has 2 aromatic rings. The van der Waals surface area contributed by atoms with Crippen LogP contribution in [0.4, 0.5) is 5.95 Å². The maximum atomic E-state index is 8.86. The third-order valence-electron chi connectivity index (χ3n) is 2.60. The summed E-state index contributed by atoms with van der Waals surface area (Å²) in [6.07, 6.45) is 0. The van der Waals surface area contributed by atoms with Crippen molar-refractivity contribution in [3.63, 3.8) is 0 Å². The van der Waals surface area contributed by atoms with E-state index >= 15 is 0 Å². The average molecular weight is 270 g/mol. The monoisotopic (exact) mass is 270 g/mol. The van der Waals surface area contributed by atoms with Gasteiger partial charge in [0, 0.05) is 6.54 Å². The second-order valence-corrected chi connectivity index (χ2v) is 3.94. The molecule has 0 amide bonds. The van der Waals surface area contributed by atoms with Gasteiger partial charge in [0.05, 0.1) is 31.9 Å². The van der Waals surface area contributed by atoms with E-state index in [9.17, 15) is 0 Å². The fraction of sp³-hybridized carbons (Fsp3) is 0.214. The predicted octanol–water partition coefficient (Wildman–Crippen LogP) is 1.98. The van der Waals surface area contributed by atoms with Crippen molar-refractivity contribution in [2.45, 2.75) is 6.54 Å². The quantitative estimate of drug-likeness (QED) is 0.894. The molecule has 0 radical (unpaired) electrons. The zero-order valence-corrected chi connectivity index (χ0v) is 11.3. The Bertz CT molecular complexity index is 615. The molecule has 0 aliphatic heterocycles. The molecule has 1 N–H and O–H groups in total. The highest BCUT2D eigenvalue weighted by atomic mass is 16.5. The van der Waals surface area contributed by atoms with Crippen LogP contribution in [0, 0.1) is 11.3 Å². The molecule has 0 bridgehead atoms. The fourth-order valence-electron chi connectivity index (χ4n) is 1.62. The Kier molecular flexibility index (Phi) is 4.35. The van der Waals surface area contributed by atoms with E-state index in [0.717, 1.165) is 5.56 Å². The molecule has 102 valence electrons. The topological polar surface area (TPSA) is 80.1 Å². The van der Waals surface area contributed by atoms with Crippen LogP contribution in [0.2, 0.25) is 0 Å². The number of nitriles is 1. The number of aromatic nitrogens is 2. The number of nitrogens with zero attached hydrogens (tertiary/aromatic N) is 3. The van der Waals surface area contributed by atoms with Crippen LogP contribution >= 0.6 is 0 Å². The van der Waals surface area contributed by atoms with Gasteiger partial charge in [0.2, 0.25) is 17.7 Å². The molecule has 6 heteroatoms. The summed E-state index contributed by atoms with van der Waals surface area (Å²) in [5.74, 6) is 1.25. The summed E-state index contributed by atoms with van der Waals surface area (Å²) in [6.45, 7) is 0.506. The van der Waals surface area contributed by atoms with Crippen molar-refractivity contribution >= 4 is 5.95 Å². The maximum absolute atomic E-state index is 8.86. The molecular formula is C14H14N4O2. The lowest BCUT2D eigenvalue weighted by Gasteiger charge is -2.08. The van der Waals surface area contributed by atoms with E-state index in [0.29, 0.717) is 29.8 Å². The summed E-state index contributed by atoms with van der Waals surface area (Å²) < 4.78 is 10.1. The normalized spacial score (nSPS) is 9.65. The van der Waals surface area contributed by atoms with Crippen LogP contribution in [0.3, 0.4) is 0 Å². The van der Waals surface area contributed by atoms with Gasteiger partial charge < -0.3 is 14.8 Å². The second kappa shape index (κ2) is 6.38. The minimum absolute atomic E-state index is 0.406. The Labute approximate surface area is 117 Å². The van der Waals surface area contributed by atoms with Gasteiger partial charge >= 0.3 is 0 Å². The minimum Gasteiger partial charge on any atom is -0.481 e. The third kappa shape index (κ3) is 3.36. The summed E-state index contributed by atoms with van der Waals surface area (Å²) in [5.41, 5.74) is 1.59. The van der Waals surface area contributed by atoms with Gasteiger partial charge in [-0.3, -0.25) is 0 Å². The van der Waals surface area contributed by atoms with Crippen molar-refractivity contribution in [1.29, 1.82) is 5.26 Å². The zero-order chi connectivity index (χ0) is 14.4. The predicted molar refractivity (Wildman–Crippen MR) is 73.6 cm³/mol. The van der Waals surface area contributed by atoms with Crippen LogP contribution in [-0.4, -0.2) is 24.2 Å². The van der Waals surface area contributed by atoms with E-state index < -0.39 is 0 Å². The number of benzene rings is 1. The van der Waals surface area contributed by atoms with Gasteiger partial charge in [-0.25, -0.2) is 0 Å². The zero-order valence-electron chi connectivity index (χ0n) is 11.3. The molecule has 6 nitrogen and oxygen atoms in total. The van der Waals surface area contributed by atoms with E-state index in [-0.39, 0.29) is 0 Å². The summed E-state index contributed by atoms with van der Waals surface area (Å²) in [4.78, 5) is 8.34. The van der Waals surface area contributed by atoms with Gasteiger partial charge in [0.1, 0.15) is 0 Å². The number of methoxy groups -OCH3 is 2. The summed E-state index contributed by atoms with van der Waals surface area (Å²) in [5, 5.41) is 11.9. The molecule has 0 atom stereocenters. The molecule has 1 heterocycles. The minimum atomic E-state index is 0.406. The Morgan fingerprint density at radius 1 is 1.15 bits per heavy atom. The van der Waals surface area contributed by atoms with Gasteiger partial charge in [0.25, 0.3) is 0 Å². The lowest BCUT2D eigenvalue weighted by atomic mass is 10.1. The second-order valence-electron chi connectivity index (χ2n) is 3.94. The molecule has 2 rings (SSSR count). The van der Waals surface area contributed by atoms with Gasteiger partial charge in [0.15, 0.2) is 0 Å². The molecule has 0 saturated carbocycles. The highest BCUT2D eigenvalue weighted by Crippen LogP contribution is 2.17. The van der Waals surface area contributed by atoms with Gasteiger partial charge in [-0.05, 0) is 17.7 Å². The van der Waals surface area contributed by atoms with Gasteiger partial charge in [-0.2, -0.15) is 15.2 Å². The first kappa shape index (κ1) is 13.6. The molecule has 0 saturated heterocycles. The van der Waals surface area contributed by atoms with E-state index in [1.54, 1.807) is 12.1 Å². The first-order chi connectivity index (χ1) is 9.75. The molecule has 1 aromatic heterocycles. The molecule has 1 aromatic carbocycles. The molecule has 0 spiro atoms. The molecule has 0 aliphatic carbocycles. The number of ether oxygens (including phenoxy) is 2. The Morgan fingerprint density at radius 3 is 2.45 bits per heavy atom. The largest absolute Gasteiger partial charge is 0.481 e. The third-order valence-corrected chi connectivity index (χ3v) is 2.60. The maximum Gasteiger partial charge on any atom is 0.229 e. The van der Waals surface area contributed by atoms with Crippen LogP contribution in [0.25, 0.3) is 0 Å². The molecule has 20 heavy (non-hydrogen) atoms. The summed E-state index contributed by atoms with van der Waals surface area (Å²) in [7, 11) is 3.06. The molecule has 0 unspecified atom stereocenters. The van der Waals surface area contributed by atoms with Crippen molar-refractivity contribution in [1.82, 2.24) is 9.97 Å². The molecule has 0 aliphatic rings. The number of hydrogen-bond acceptors (Lipinski definition) is 6. The van der Waals surface area contributed by atoms with Gasteiger partial charge in [-0.15, -0.1) is 0 Å². The van der Waals surface area contributed by atoms with Crippen molar-refractivity contribution in [3.8, 4) is 17.8 Å². The summed E-state index contributed by atoms with van der Waals surface area (Å²) >= 11 is 0. The molecular weight excluding hydrogens is 256 g/mol. The van der Waals surface area contributed by atoms with Crippen LogP contribution in [0.15, 0.2) is 30.3 Å². The van der Waals surface area contributed by atoms with E-state index in [2.05, 4.69) is 21.4 Å². The number of nitrogens with one attached hydrogen (secondary N) is 1. The lowest BCUT2D eigenvalue weighted by molar-refractivity contribution is 0.373. The Hall–Kier alpha value is -2.81. The first-order valence-electron chi connectivity index (χ1n) is 5.95. The van der Waals surface area contributed by atoms with Crippen LogP contribution < -0.4 is 14.8 Å². The lowest BCUT2D eigenvalue weighted by Crippen LogP contribution is -2.05. The number of rotatable bonds is 5. The smallest absolute Gasteiger partial charge is 0.229 e. The first-order valence-corrected chi connectivity index (χ1v) is 5.95. The van der Waals surface area contributed by atoms with Crippen molar-refractivity contribution in [2.75, 3.05) is 19.5 Å². The highest BCUT2D eigenvalue weighted by Gasteiger charge is 2.05. The number of hydrogen-bond donors (Lipinski definition) is 1. The Morgan fingerprint density at radius 2 is 1.85 bits per heavy atom. The number of anilines is 1. The summed E-state index contributed by atoms with van der Waals surface area (Å²) in [6, 6.07) is 11.0. The van der Waals surface area contributed by atoms with E-state index in [1.807, 2.05) is 18.2 Å². The van der Waals surface area contributed by atoms with Crippen molar-refractivity contribution in [2.24, 2.45) is 0 Å². The standard InChI is InChI=1S/C14H14N4O2/c1-19-12-7-13(20-2)18-14(17-12)16-9-11-5-3-4-10(6-11)8-15/h3-7H,9H2,1-2H3,(H,16,17,18). The highest BCUT2D eigenvalue weighted by molar-refractivity contribution is 5.37. The Balaban J connectivity index is 2.12. The van der Waals surface area contributed by atoms with Gasteiger partial charge in [-0.1, -0.05) is 12.1 Å². The SMILES string of the molecule is COc1cc(OC)nc(NCc2cccc(C#N)c2)n1.